The summed E-state index contributed by atoms with van der Waals surface area (Å²) in [5.74, 6) is 0.0217. The summed E-state index contributed by atoms with van der Waals surface area (Å²) in [4.78, 5) is 14.6. The number of amides is 1. The van der Waals surface area contributed by atoms with Crippen molar-refractivity contribution in [2.24, 2.45) is 16.8 Å². The lowest BCUT2D eigenvalue weighted by Crippen LogP contribution is -2.54. The van der Waals surface area contributed by atoms with Gasteiger partial charge in [0.25, 0.3) is 10.2 Å². The maximum absolute atomic E-state index is 12.7. The summed E-state index contributed by atoms with van der Waals surface area (Å²) in [6.07, 6.45) is 4.17. The first-order valence-corrected chi connectivity index (χ1v) is 9.15. The first-order valence-electron chi connectivity index (χ1n) is 7.64. The number of hydrogen-bond donors (Lipinski definition) is 2. The highest BCUT2D eigenvalue weighted by Gasteiger charge is 2.36. The van der Waals surface area contributed by atoms with Gasteiger partial charge >= 0.3 is 0 Å². The van der Waals surface area contributed by atoms with E-state index in [1.165, 1.54) is 4.31 Å². The molecule has 2 rings (SSSR count). The molecule has 7 nitrogen and oxygen atoms in total. The zero-order valence-corrected chi connectivity index (χ0v) is 13.4. The van der Waals surface area contributed by atoms with E-state index >= 15 is 0 Å². The lowest BCUT2D eigenvalue weighted by Gasteiger charge is -2.41. The van der Waals surface area contributed by atoms with E-state index in [4.69, 9.17) is 10.9 Å². The summed E-state index contributed by atoms with van der Waals surface area (Å²) in [5.41, 5.74) is 6.01. The van der Waals surface area contributed by atoms with Gasteiger partial charge in [-0.1, -0.05) is 0 Å². The molecule has 1 amide bonds. The molecule has 2 saturated heterocycles. The average molecular weight is 318 g/mol. The predicted octanol–water partition coefficient (Wildman–Crippen LogP) is -0.370. The Morgan fingerprint density at radius 3 is 2.29 bits per heavy atom. The SMILES string of the molecule is CC(N)C1CCCCN1C(=O)C1CCN(S(N)(=O)=O)CC1. The summed E-state index contributed by atoms with van der Waals surface area (Å²) in [6, 6.07) is 0.0845. The minimum absolute atomic E-state index is 0.0289. The van der Waals surface area contributed by atoms with E-state index in [-0.39, 0.29) is 23.9 Å². The highest BCUT2D eigenvalue weighted by atomic mass is 32.2. The second-order valence-corrected chi connectivity index (χ2v) is 7.72. The van der Waals surface area contributed by atoms with E-state index in [1.54, 1.807) is 0 Å². The molecule has 2 aliphatic heterocycles. The molecule has 0 saturated carbocycles. The van der Waals surface area contributed by atoms with Gasteiger partial charge in [0.2, 0.25) is 5.91 Å². The fourth-order valence-electron chi connectivity index (χ4n) is 3.37. The van der Waals surface area contributed by atoms with Crippen LogP contribution in [0.5, 0.6) is 0 Å². The molecule has 2 atom stereocenters. The fraction of sp³-hybridized carbons (Fsp3) is 0.923. The van der Waals surface area contributed by atoms with E-state index in [1.807, 2.05) is 11.8 Å². The van der Waals surface area contributed by atoms with Gasteiger partial charge in [0.15, 0.2) is 0 Å². The van der Waals surface area contributed by atoms with Gasteiger partial charge in [-0.25, -0.2) is 5.14 Å². The molecular weight excluding hydrogens is 292 g/mol. The van der Waals surface area contributed by atoms with Crippen molar-refractivity contribution in [1.82, 2.24) is 9.21 Å². The molecule has 2 heterocycles. The van der Waals surface area contributed by atoms with Gasteiger partial charge in [-0.2, -0.15) is 12.7 Å². The van der Waals surface area contributed by atoms with Crippen LogP contribution in [0.4, 0.5) is 0 Å². The fourth-order valence-corrected chi connectivity index (χ4v) is 4.09. The lowest BCUT2D eigenvalue weighted by atomic mass is 9.91. The Kier molecular flexibility index (Phi) is 5.24. The molecule has 8 heteroatoms. The smallest absolute Gasteiger partial charge is 0.276 e. The van der Waals surface area contributed by atoms with Crippen LogP contribution in [0.3, 0.4) is 0 Å². The zero-order chi connectivity index (χ0) is 15.6. The number of nitrogens with zero attached hydrogens (tertiary/aromatic N) is 2. The molecule has 0 aromatic carbocycles. The van der Waals surface area contributed by atoms with Gasteiger partial charge in [0, 0.05) is 37.6 Å². The third-order valence-electron chi connectivity index (χ3n) is 4.60. The number of likely N-dealkylation sites (tertiary alicyclic amines) is 1. The van der Waals surface area contributed by atoms with Crippen molar-refractivity contribution < 1.29 is 13.2 Å². The summed E-state index contributed by atoms with van der Waals surface area (Å²) < 4.78 is 23.8. The maximum Gasteiger partial charge on any atom is 0.276 e. The minimum atomic E-state index is -3.64. The van der Waals surface area contributed by atoms with Gasteiger partial charge in [-0.3, -0.25) is 4.79 Å². The van der Waals surface area contributed by atoms with Crippen LogP contribution < -0.4 is 10.9 Å². The highest BCUT2D eigenvalue weighted by Crippen LogP contribution is 2.26. The number of nitrogens with two attached hydrogens (primary N) is 2. The molecule has 122 valence electrons. The summed E-state index contributed by atoms with van der Waals surface area (Å²) in [5, 5.41) is 5.12. The minimum Gasteiger partial charge on any atom is -0.338 e. The standard InChI is InChI=1S/C13H26N4O3S/c1-10(14)12-4-2-3-7-17(12)13(18)11-5-8-16(9-6-11)21(15,19)20/h10-12H,2-9,14H2,1H3,(H2,15,19,20). The van der Waals surface area contributed by atoms with E-state index < -0.39 is 10.2 Å². The third-order valence-corrected chi connectivity index (χ3v) is 5.69. The van der Waals surface area contributed by atoms with Crippen LogP contribution in [-0.2, 0) is 15.0 Å². The van der Waals surface area contributed by atoms with E-state index in [2.05, 4.69) is 0 Å². The van der Waals surface area contributed by atoms with Crippen LogP contribution in [-0.4, -0.2) is 55.2 Å². The van der Waals surface area contributed by atoms with Crippen LogP contribution in [0.25, 0.3) is 0 Å². The Bertz CT molecular complexity index is 472. The van der Waals surface area contributed by atoms with Crippen LogP contribution in [0, 0.1) is 5.92 Å². The summed E-state index contributed by atoms with van der Waals surface area (Å²) in [7, 11) is -3.64. The first kappa shape index (κ1) is 16.7. The Hall–Kier alpha value is -0.700. The molecule has 2 fully saturated rings. The third kappa shape index (κ3) is 3.94. The molecule has 0 aliphatic carbocycles. The number of carbonyl (C=O) groups is 1. The van der Waals surface area contributed by atoms with Crippen LogP contribution in [0.2, 0.25) is 0 Å². The van der Waals surface area contributed by atoms with Crippen LogP contribution in [0.1, 0.15) is 39.0 Å². The van der Waals surface area contributed by atoms with E-state index in [0.29, 0.717) is 25.9 Å². The molecule has 2 unspecified atom stereocenters. The van der Waals surface area contributed by atoms with E-state index in [0.717, 1.165) is 25.8 Å². The van der Waals surface area contributed by atoms with Crippen molar-refractivity contribution in [3.05, 3.63) is 0 Å². The molecule has 0 radical (unpaired) electrons. The van der Waals surface area contributed by atoms with E-state index in [9.17, 15) is 13.2 Å². The Balaban J connectivity index is 1.97. The van der Waals surface area contributed by atoms with Crippen LogP contribution in [0.15, 0.2) is 0 Å². The Morgan fingerprint density at radius 1 is 1.14 bits per heavy atom. The second-order valence-electron chi connectivity index (χ2n) is 6.17. The largest absolute Gasteiger partial charge is 0.338 e. The topological polar surface area (TPSA) is 110 Å². The van der Waals surface area contributed by atoms with Crippen molar-refractivity contribution in [3.63, 3.8) is 0 Å². The van der Waals surface area contributed by atoms with Crippen molar-refractivity contribution in [2.75, 3.05) is 19.6 Å². The Labute approximate surface area is 126 Å². The number of piperidine rings is 2. The molecule has 0 bridgehead atoms. The van der Waals surface area contributed by atoms with Crippen molar-refractivity contribution in [3.8, 4) is 0 Å². The number of rotatable bonds is 3. The monoisotopic (exact) mass is 318 g/mol. The number of hydrogen-bond acceptors (Lipinski definition) is 4. The van der Waals surface area contributed by atoms with Crippen molar-refractivity contribution in [1.29, 1.82) is 0 Å². The first-order chi connectivity index (χ1) is 9.80. The van der Waals surface area contributed by atoms with Crippen molar-refractivity contribution >= 4 is 16.1 Å². The molecule has 4 N–H and O–H groups in total. The molecule has 2 aliphatic rings. The normalized spacial score (nSPS) is 27.6. The molecule has 0 aromatic rings. The summed E-state index contributed by atoms with van der Waals surface area (Å²) >= 11 is 0. The maximum atomic E-state index is 12.7. The van der Waals surface area contributed by atoms with Gasteiger partial charge in [-0.15, -0.1) is 0 Å². The van der Waals surface area contributed by atoms with Crippen LogP contribution >= 0.6 is 0 Å². The van der Waals surface area contributed by atoms with Gasteiger partial charge in [0.05, 0.1) is 0 Å². The molecule has 0 spiro atoms. The molecule has 21 heavy (non-hydrogen) atoms. The quantitative estimate of drug-likeness (QED) is 0.739. The molecule has 0 aromatic heterocycles. The van der Waals surface area contributed by atoms with Gasteiger partial charge < -0.3 is 10.6 Å². The van der Waals surface area contributed by atoms with Crippen molar-refractivity contribution in [2.45, 2.75) is 51.1 Å². The Morgan fingerprint density at radius 2 is 1.76 bits per heavy atom. The molecular formula is C13H26N4O3S. The average Bonchev–Trinajstić information content (AvgIpc) is 2.45. The second kappa shape index (κ2) is 6.60. The lowest BCUT2D eigenvalue weighted by molar-refractivity contribution is -0.141. The predicted molar refractivity (Wildman–Crippen MR) is 80.4 cm³/mol. The summed E-state index contributed by atoms with van der Waals surface area (Å²) in [6.45, 7) is 3.36. The van der Waals surface area contributed by atoms with Gasteiger partial charge in [0.1, 0.15) is 0 Å². The highest BCUT2D eigenvalue weighted by molar-refractivity contribution is 7.86. The van der Waals surface area contributed by atoms with Gasteiger partial charge in [-0.05, 0) is 39.0 Å². The zero-order valence-electron chi connectivity index (χ0n) is 12.6. The number of carbonyl (C=O) groups excluding carboxylic acids is 1.